The van der Waals surface area contributed by atoms with Crippen LogP contribution in [0.1, 0.15) is 19.0 Å². The molecule has 116 valence electrons. The number of nitrogens with zero attached hydrogens (tertiary/aromatic N) is 5. The molecule has 2 aromatic rings. The first-order valence-electron chi connectivity index (χ1n) is 7.41. The van der Waals surface area contributed by atoms with Crippen LogP contribution in [0.5, 0.6) is 5.88 Å². The zero-order valence-corrected chi connectivity index (χ0v) is 12.4. The van der Waals surface area contributed by atoms with Gasteiger partial charge in [-0.3, -0.25) is 4.98 Å². The van der Waals surface area contributed by atoms with Gasteiger partial charge in [-0.2, -0.15) is 0 Å². The van der Waals surface area contributed by atoms with Gasteiger partial charge >= 0.3 is 0 Å². The minimum atomic E-state index is -0.305. The van der Waals surface area contributed by atoms with Gasteiger partial charge in [0.05, 0.1) is 18.5 Å². The molecular weight excluding hydrogens is 285 g/mol. The number of ether oxygens (including phenoxy) is 1. The molecule has 22 heavy (non-hydrogen) atoms. The summed E-state index contributed by atoms with van der Waals surface area (Å²) >= 11 is 0. The molecule has 0 spiro atoms. The molecule has 3 heterocycles. The fourth-order valence-electron chi connectivity index (χ4n) is 2.59. The average Bonchev–Trinajstić information content (AvgIpc) is 3.03. The third-order valence-corrected chi connectivity index (χ3v) is 3.77. The number of rotatable bonds is 5. The maximum atomic E-state index is 14.3. The van der Waals surface area contributed by atoms with Crippen molar-refractivity contribution in [2.75, 3.05) is 24.6 Å². The molecule has 6 nitrogen and oxygen atoms in total. The second kappa shape index (κ2) is 6.64. The van der Waals surface area contributed by atoms with Crippen molar-refractivity contribution < 1.29 is 9.13 Å². The van der Waals surface area contributed by atoms with E-state index in [-0.39, 0.29) is 5.82 Å². The van der Waals surface area contributed by atoms with E-state index in [1.165, 1.54) is 6.33 Å². The first kappa shape index (κ1) is 14.6. The average molecular weight is 303 g/mol. The highest BCUT2D eigenvalue weighted by atomic mass is 19.1. The molecule has 0 amide bonds. The van der Waals surface area contributed by atoms with E-state index in [1.54, 1.807) is 18.6 Å². The molecule has 1 aliphatic rings. The first-order chi connectivity index (χ1) is 10.8. The molecule has 0 N–H and O–H groups in total. The molecule has 7 heteroatoms. The summed E-state index contributed by atoms with van der Waals surface area (Å²) in [6.07, 6.45) is 7.72. The Bertz CT molecular complexity index is 625. The standard InChI is InChI=1S/C15H18FN5O/c1-2-12-14(16)15(20-10-19-12)21-6-3-11(8-21)9-22-13-7-17-4-5-18-13/h4-5,7,10-11H,2-3,6,8-9H2,1H3. The predicted molar refractivity (Wildman–Crippen MR) is 79.2 cm³/mol. The quantitative estimate of drug-likeness (QED) is 0.840. The minimum Gasteiger partial charge on any atom is -0.476 e. The minimum absolute atomic E-state index is 0.305. The van der Waals surface area contributed by atoms with E-state index >= 15 is 0 Å². The van der Waals surface area contributed by atoms with Crippen molar-refractivity contribution >= 4 is 5.82 Å². The van der Waals surface area contributed by atoms with Gasteiger partial charge in [-0.15, -0.1) is 0 Å². The summed E-state index contributed by atoms with van der Waals surface area (Å²) in [6.45, 7) is 3.92. The maximum absolute atomic E-state index is 14.3. The van der Waals surface area contributed by atoms with Gasteiger partial charge < -0.3 is 9.64 Å². The third kappa shape index (κ3) is 3.13. The lowest BCUT2D eigenvalue weighted by molar-refractivity contribution is 0.251. The Morgan fingerprint density at radius 1 is 1.32 bits per heavy atom. The van der Waals surface area contributed by atoms with Gasteiger partial charge in [-0.05, 0) is 12.8 Å². The number of aryl methyl sites for hydroxylation is 1. The van der Waals surface area contributed by atoms with Crippen molar-refractivity contribution in [3.05, 3.63) is 36.4 Å². The van der Waals surface area contributed by atoms with Crippen LogP contribution in [0, 0.1) is 11.7 Å². The number of hydrogen-bond acceptors (Lipinski definition) is 6. The van der Waals surface area contributed by atoms with Gasteiger partial charge in [0, 0.05) is 31.4 Å². The summed E-state index contributed by atoms with van der Waals surface area (Å²) in [7, 11) is 0. The number of halogens is 1. The smallest absolute Gasteiger partial charge is 0.232 e. The van der Waals surface area contributed by atoms with Crippen molar-refractivity contribution in [2.45, 2.75) is 19.8 Å². The van der Waals surface area contributed by atoms with Crippen LogP contribution in [-0.4, -0.2) is 39.6 Å². The molecule has 0 radical (unpaired) electrons. The van der Waals surface area contributed by atoms with Crippen molar-refractivity contribution in [1.29, 1.82) is 0 Å². The van der Waals surface area contributed by atoms with Crippen LogP contribution in [0.3, 0.4) is 0 Å². The Hall–Kier alpha value is -2.31. The summed E-state index contributed by atoms with van der Waals surface area (Å²) in [5.74, 6) is 0.929. The van der Waals surface area contributed by atoms with Crippen LogP contribution in [0.15, 0.2) is 24.9 Å². The summed E-state index contributed by atoms with van der Waals surface area (Å²) in [5.41, 5.74) is 0.462. The fourth-order valence-corrected chi connectivity index (χ4v) is 2.59. The Labute approximate surface area is 128 Å². The number of hydrogen-bond donors (Lipinski definition) is 0. The molecule has 2 aromatic heterocycles. The van der Waals surface area contributed by atoms with Gasteiger partial charge in [0.2, 0.25) is 5.88 Å². The summed E-state index contributed by atoms with van der Waals surface area (Å²) in [5, 5.41) is 0. The van der Waals surface area contributed by atoms with Crippen molar-refractivity contribution in [2.24, 2.45) is 5.92 Å². The van der Waals surface area contributed by atoms with Crippen molar-refractivity contribution in [1.82, 2.24) is 19.9 Å². The molecule has 0 bridgehead atoms. The maximum Gasteiger partial charge on any atom is 0.232 e. The lowest BCUT2D eigenvalue weighted by Crippen LogP contribution is -2.24. The highest BCUT2D eigenvalue weighted by molar-refractivity contribution is 5.42. The zero-order valence-electron chi connectivity index (χ0n) is 12.4. The van der Waals surface area contributed by atoms with E-state index in [0.29, 0.717) is 36.3 Å². The predicted octanol–water partition coefficient (Wildman–Crippen LogP) is 1.87. The van der Waals surface area contributed by atoms with E-state index in [2.05, 4.69) is 19.9 Å². The molecule has 1 aliphatic heterocycles. The summed E-state index contributed by atoms with van der Waals surface area (Å²) < 4.78 is 19.9. The molecule has 1 fully saturated rings. The molecule has 0 aliphatic carbocycles. The Morgan fingerprint density at radius 2 is 2.23 bits per heavy atom. The van der Waals surface area contributed by atoms with Crippen LogP contribution >= 0.6 is 0 Å². The van der Waals surface area contributed by atoms with E-state index in [0.717, 1.165) is 19.5 Å². The van der Waals surface area contributed by atoms with Crippen molar-refractivity contribution in [3.8, 4) is 5.88 Å². The van der Waals surface area contributed by atoms with Gasteiger partial charge in [0.15, 0.2) is 11.6 Å². The number of anilines is 1. The zero-order chi connectivity index (χ0) is 15.4. The van der Waals surface area contributed by atoms with Crippen LogP contribution in [0.25, 0.3) is 0 Å². The Balaban J connectivity index is 1.60. The fraction of sp³-hybridized carbons (Fsp3) is 0.467. The van der Waals surface area contributed by atoms with E-state index in [1.807, 2.05) is 11.8 Å². The highest BCUT2D eigenvalue weighted by Gasteiger charge is 2.27. The topological polar surface area (TPSA) is 64.0 Å². The molecule has 1 unspecified atom stereocenters. The van der Waals surface area contributed by atoms with Gasteiger partial charge in [0.25, 0.3) is 0 Å². The van der Waals surface area contributed by atoms with Crippen LogP contribution in [0.4, 0.5) is 10.2 Å². The molecule has 1 atom stereocenters. The molecule has 3 rings (SSSR count). The van der Waals surface area contributed by atoms with Crippen LogP contribution in [-0.2, 0) is 6.42 Å². The second-order valence-electron chi connectivity index (χ2n) is 5.27. The largest absolute Gasteiger partial charge is 0.476 e. The number of aromatic nitrogens is 4. The molecular formula is C15H18FN5O. The summed E-state index contributed by atoms with van der Waals surface area (Å²) in [4.78, 5) is 18.1. The SMILES string of the molecule is CCc1ncnc(N2CCC(COc3cnccn3)C2)c1F. The second-order valence-corrected chi connectivity index (χ2v) is 5.27. The molecule has 0 aromatic carbocycles. The van der Waals surface area contributed by atoms with Gasteiger partial charge in [0.1, 0.15) is 6.33 Å². The van der Waals surface area contributed by atoms with Crippen LogP contribution < -0.4 is 9.64 Å². The normalized spacial score (nSPS) is 17.7. The Kier molecular flexibility index (Phi) is 4.41. The lowest BCUT2D eigenvalue weighted by atomic mass is 10.1. The van der Waals surface area contributed by atoms with Crippen molar-refractivity contribution in [3.63, 3.8) is 0 Å². The highest BCUT2D eigenvalue weighted by Crippen LogP contribution is 2.25. The van der Waals surface area contributed by atoms with E-state index in [4.69, 9.17) is 4.74 Å². The lowest BCUT2D eigenvalue weighted by Gasteiger charge is -2.18. The van der Waals surface area contributed by atoms with E-state index in [9.17, 15) is 4.39 Å². The van der Waals surface area contributed by atoms with Gasteiger partial charge in [-0.25, -0.2) is 19.3 Å². The van der Waals surface area contributed by atoms with Crippen LogP contribution in [0.2, 0.25) is 0 Å². The van der Waals surface area contributed by atoms with Gasteiger partial charge in [-0.1, -0.05) is 6.92 Å². The molecule has 0 saturated carbocycles. The third-order valence-electron chi connectivity index (χ3n) is 3.77. The monoisotopic (exact) mass is 303 g/mol. The summed E-state index contributed by atoms with van der Waals surface area (Å²) in [6, 6.07) is 0. The molecule has 1 saturated heterocycles. The van der Waals surface area contributed by atoms with E-state index < -0.39 is 0 Å². The Morgan fingerprint density at radius 3 is 3.00 bits per heavy atom. The first-order valence-corrected chi connectivity index (χ1v) is 7.41.